The fourth-order valence-electron chi connectivity index (χ4n) is 3.62. The summed E-state index contributed by atoms with van der Waals surface area (Å²) in [6.45, 7) is 0. The molecule has 5 nitrogen and oxygen atoms in total. The number of hydrogen-bond donors (Lipinski definition) is 1. The smallest absolute Gasteiger partial charge is 0.215 e. The van der Waals surface area contributed by atoms with Crippen molar-refractivity contribution >= 4 is 28.1 Å². The van der Waals surface area contributed by atoms with Crippen LogP contribution in [0.3, 0.4) is 0 Å². The molecule has 5 rings (SSSR count). The van der Waals surface area contributed by atoms with Gasteiger partial charge in [-0.2, -0.15) is 5.26 Å². The van der Waals surface area contributed by atoms with Crippen molar-refractivity contribution in [1.82, 2.24) is 4.57 Å². The van der Waals surface area contributed by atoms with E-state index in [1.807, 2.05) is 28.8 Å². The van der Waals surface area contributed by atoms with Gasteiger partial charge in [0.15, 0.2) is 5.75 Å². The van der Waals surface area contributed by atoms with Gasteiger partial charge < -0.3 is 9.67 Å². The van der Waals surface area contributed by atoms with Crippen molar-refractivity contribution in [1.29, 1.82) is 5.26 Å². The van der Waals surface area contributed by atoms with Crippen LogP contribution in [-0.4, -0.2) is 21.2 Å². The van der Waals surface area contributed by atoms with Crippen LogP contribution in [0.2, 0.25) is 0 Å². The van der Waals surface area contributed by atoms with Crippen LogP contribution in [0.4, 0.5) is 5.69 Å². The van der Waals surface area contributed by atoms with Gasteiger partial charge >= 0.3 is 0 Å². The van der Waals surface area contributed by atoms with Crippen molar-refractivity contribution in [3.63, 3.8) is 0 Å². The number of aromatic hydroxyl groups is 1. The van der Waals surface area contributed by atoms with Crippen molar-refractivity contribution in [3.8, 4) is 17.5 Å². The van der Waals surface area contributed by atoms with E-state index in [1.165, 1.54) is 0 Å². The second kappa shape index (κ2) is 5.93. The monoisotopic (exact) mass is 363 g/mol. The maximum Gasteiger partial charge on any atom is 0.215 e. The van der Waals surface area contributed by atoms with Gasteiger partial charge in [0.25, 0.3) is 0 Å². The predicted molar refractivity (Wildman–Crippen MR) is 107 cm³/mol. The van der Waals surface area contributed by atoms with Crippen LogP contribution < -0.4 is 0 Å². The maximum atomic E-state index is 13.0. The Hall–Kier alpha value is -4.17. The molecular weight excluding hydrogens is 350 g/mol. The molecule has 0 fully saturated rings. The molecule has 1 aliphatic heterocycles. The molecule has 0 atom stereocenters. The van der Waals surface area contributed by atoms with Crippen LogP contribution in [0.15, 0.2) is 77.8 Å². The van der Waals surface area contributed by atoms with Gasteiger partial charge in [0.1, 0.15) is 11.4 Å². The zero-order valence-electron chi connectivity index (χ0n) is 14.6. The number of nitrogens with zero attached hydrogens (tertiary/aromatic N) is 3. The van der Waals surface area contributed by atoms with Gasteiger partial charge in [-0.1, -0.05) is 24.3 Å². The number of aliphatic imine (C=N–C) groups is 1. The lowest BCUT2D eigenvalue weighted by molar-refractivity contribution is 0.106. The number of Topliss-reactive ketones (excluding diaryl/α,β-unsaturated/α-hetero) is 1. The van der Waals surface area contributed by atoms with Gasteiger partial charge in [-0.05, 0) is 48.5 Å². The SMILES string of the molecule is N#Cc1ccc(-n2c(C3=Nc4ccccc4C3=O)c(O)c3ccccc32)cc1. The Bertz CT molecular complexity index is 1340. The largest absolute Gasteiger partial charge is 0.505 e. The van der Waals surface area contributed by atoms with E-state index in [4.69, 9.17) is 5.26 Å². The summed E-state index contributed by atoms with van der Waals surface area (Å²) in [6, 6.07) is 23.6. The van der Waals surface area contributed by atoms with Crippen molar-refractivity contribution in [2.75, 3.05) is 0 Å². The fourth-order valence-corrected chi connectivity index (χ4v) is 3.62. The van der Waals surface area contributed by atoms with Crippen LogP contribution in [0.1, 0.15) is 21.6 Å². The number of benzene rings is 3. The van der Waals surface area contributed by atoms with Crippen molar-refractivity contribution in [2.24, 2.45) is 4.99 Å². The van der Waals surface area contributed by atoms with E-state index >= 15 is 0 Å². The lowest BCUT2D eigenvalue weighted by Gasteiger charge is -2.10. The van der Waals surface area contributed by atoms with Crippen molar-refractivity contribution < 1.29 is 9.90 Å². The van der Waals surface area contributed by atoms with E-state index in [2.05, 4.69) is 11.1 Å². The fraction of sp³-hybridized carbons (Fsp3) is 0. The molecule has 3 aromatic carbocycles. The minimum atomic E-state index is -0.219. The maximum absolute atomic E-state index is 13.0. The third-order valence-electron chi connectivity index (χ3n) is 4.92. The molecule has 1 aromatic heterocycles. The first kappa shape index (κ1) is 16.0. The van der Waals surface area contributed by atoms with Gasteiger partial charge in [0, 0.05) is 16.6 Å². The molecule has 0 saturated carbocycles. The van der Waals surface area contributed by atoms with Gasteiger partial charge in [-0.25, -0.2) is 4.99 Å². The summed E-state index contributed by atoms with van der Waals surface area (Å²) in [4.78, 5) is 17.5. The number of para-hydroxylation sites is 2. The third kappa shape index (κ3) is 2.19. The van der Waals surface area contributed by atoms with Gasteiger partial charge in [0.2, 0.25) is 5.78 Å². The summed E-state index contributed by atoms with van der Waals surface area (Å²) < 4.78 is 1.81. The molecular formula is C23H13N3O2. The van der Waals surface area contributed by atoms with E-state index in [0.717, 1.165) is 11.2 Å². The Kier molecular flexibility index (Phi) is 3.40. The first-order valence-electron chi connectivity index (χ1n) is 8.75. The van der Waals surface area contributed by atoms with Crippen LogP contribution >= 0.6 is 0 Å². The van der Waals surface area contributed by atoms with E-state index in [0.29, 0.717) is 27.9 Å². The van der Waals surface area contributed by atoms with E-state index in [-0.39, 0.29) is 17.2 Å². The van der Waals surface area contributed by atoms with Crippen molar-refractivity contribution in [2.45, 2.75) is 0 Å². The highest BCUT2D eigenvalue weighted by Crippen LogP contribution is 2.38. The number of nitriles is 1. The molecule has 0 bridgehead atoms. The molecule has 1 aliphatic rings. The highest BCUT2D eigenvalue weighted by atomic mass is 16.3. The van der Waals surface area contributed by atoms with Crippen molar-refractivity contribution in [3.05, 3.63) is 89.6 Å². The molecule has 0 radical (unpaired) electrons. The molecule has 0 unspecified atom stereocenters. The van der Waals surface area contributed by atoms with Gasteiger partial charge in [-0.3, -0.25) is 4.79 Å². The number of ketones is 1. The lowest BCUT2D eigenvalue weighted by Crippen LogP contribution is -2.15. The number of aromatic nitrogens is 1. The third-order valence-corrected chi connectivity index (χ3v) is 4.92. The lowest BCUT2D eigenvalue weighted by atomic mass is 10.1. The summed E-state index contributed by atoms with van der Waals surface area (Å²) in [5.74, 6) is -0.205. The molecule has 5 heteroatoms. The molecule has 0 amide bonds. The summed E-state index contributed by atoms with van der Waals surface area (Å²) in [7, 11) is 0. The molecule has 0 spiro atoms. The van der Waals surface area contributed by atoms with E-state index in [1.54, 1.807) is 48.5 Å². The number of carbonyl (C=O) groups excluding carboxylic acids is 1. The standard InChI is InChI=1S/C23H13N3O2/c24-13-14-9-11-15(12-10-14)26-19-8-4-2-6-17(19)23(28)21(26)20-22(27)16-5-1-3-7-18(16)25-20/h1-12,28H. The second-order valence-corrected chi connectivity index (χ2v) is 6.52. The quantitative estimate of drug-likeness (QED) is 0.568. The average Bonchev–Trinajstić information content (AvgIpc) is 3.23. The summed E-state index contributed by atoms with van der Waals surface area (Å²) in [5, 5.41) is 20.7. The molecule has 132 valence electrons. The number of hydrogen-bond acceptors (Lipinski definition) is 4. The topological polar surface area (TPSA) is 78.4 Å². The molecule has 2 heterocycles. The van der Waals surface area contributed by atoms with Gasteiger partial charge in [-0.15, -0.1) is 0 Å². The average molecular weight is 363 g/mol. The first-order valence-corrected chi connectivity index (χ1v) is 8.75. The Morgan fingerprint density at radius 3 is 2.39 bits per heavy atom. The van der Waals surface area contributed by atoms with Crippen LogP contribution in [0, 0.1) is 11.3 Å². The normalized spacial score (nSPS) is 12.7. The number of carbonyl (C=O) groups is 1. The minimum absolute atomic E-state index is 0.0138. The Labute approximate surface area is 160 Å². The molecule has 0 saturated heterocycles. The highest BCUT2D eigenvalue weighted by molar-refractivity contribution is 6.55. The molecule has 28 heavy (non-hydrogen) atoms. The summed E-state index contributed by atoms with van der Waals surface area (Å²) in [6.07, 6.45) is 0. The van der Waals surface area contributed by atoms with Crippen LogP contribution in [0.5, 0.6) is 5.75 Å². The summed E-state index contributed by atoms with van der Waals surface area (Å²) >= 11 is 0. The van der Waals surface area contributed by atoms with Gasteiger partial charge in [0.05, 0.1) is 22.8 Å². The Balaban J connectivity index is 1.82. The van der Waals surface area contributed by atoms with Crippen LogP contribution in [-0.2, 0) is 0 Å². The molecule has 4 aromatic rings. The molecule has 1 N–H and O–H groups in total. The Morgan fingerprint density at radius 2 is 1.64 bits per heavy atom. The predicted octanol–water partition coefficient (Wildman–Crippen LogP) is 4.52. The highest BCUT2D eigenvalue weighted by Gasteiger charge is 2.32. The van der Waals surface area contributed by atoms with E-state index in [9.17, 15) is 9.90 Å². The minimum Gasteiger partial charge on any atom is -0.505 e. The van der Waals surface area contributed by atoms with Crippen LogP contribution in [0.25, 0.3) is 16.6 Å². The second-order valence-electron chi connectivity index (χ2n) is 6.52. The first-order chi connectivity index (χ1) is 13.7. The zero-order valence-corrected chi connectivity index (χ0v) is 14.6. The molecule has 0 aliphatic carbocycles. The Morgan fingerprint density at radius 1 is 0.929 bits per heavy atom. The number of fused-ring (bicyclic) bond motifs is 2. The number of rotatable bonds is 2. The van der Waals surface area contributed by atoms with E-state index < -0.39 is 0 Å². The zero-order chi connectivity index (χ0) is 19.3. The summed E-state index contributed by atoms with van der Waals surface area (Å²) in [5.41, 5.74) is 3.70.